The molecule has 0 saturated carbocycles. The average molecular weight is 334 g/mol. The first-order chi connectivity index (χ1) is 11.2. The van der Waals surface area contributed by atoms with Crippen LogP contribution in [0.5, 0.6) is 0 Å². The fourth-order valence-corrected chi connectivity index (χ4v) is 2.25. The highest BCUT2D eigenvalue weighted by Gasteiger charge is 2.10. The molecule has 1 atom stereocenters. The maximum Gasteiger partial charge on any atom is 0.0820 e. The van der Waals surface area contributed by atoms with Gasteiger partial charge in [0.2, 0.25) is 0 Å². The van der Waals surface area contributed by atoms with Gasteiger partial charge in [-0.3, -0.25) is 0 Å². The summed E-state index contributed by atoms with van der Waals surface area (Å²) in [6.07, 6.45) is 8.85. The molecule has 0 bridgehead atoms. The third-order valence-electron chi connectivity index (χ3n) is 3.66. The van der Waals surface area contributed by atoms with Crippen molar-refractivity contribution in [2.75, 3.05) is 60.3 Å². The van der Waals surface area contributed by atoms with Crippen LogP contribution >= 0.6 is 0 Å². The SMILES string of the molecule is CCCCCCCCOC(CCN(C)C)COCCOCCO. The standard InChI is InChI=1S/C18H39NO4/c1-4-5-6-7-8-9-13-23-18(10-11-19(2)3)17-22-16-15-21-14-12-20/h18,20H,4-17H2,1-3H3. The molecule has 0 aliphatic heterocycles. The molecule has 0 spiro atoms. The molecule has 0 aliphatic carbocycles. The zero-order valence-electron chi connectivity index (χ0n) is 15.6. The Kier molecular flexibility index (Phi) is 18.0. The van der Waals surface area contributed by atoms with Crippen LogP contribution in [0.2, 0.25) is 0 Å². The number of hydrogen-bond donors (Lipinski definition) is 1. The number of unbranched alkanes of at least 4 members (excludes halogenated alkanes) is 5. The summed E-state index contributed by atoms with van der Waals surface area (Å²) in [5.41, 5.74) is 0. The van der Waals surface area contributed by atoms with Crippen molar-refractivity contribution >= 4 is 0 Å². The summed E-state index contributed by atoms with van der Waals surface area (Å²) in [4.78, 5) is 2.17. The van der Waals surface area contributed by atoms with E-state index in [-0.39, 0.29) is 12.7 Å². The van der Waals surface area contributed by atoms with Gasteiger partial charge in [-0.2, -0.15) is 0 Å². The topological polar surface area (TPSA) is 51.2 Å². The summed E-state index contributed by atoms with van der Waals surface area (Å²) in [7, 11) is 4.16. The van der Waals surface area contributed by atoms with E-state index in [1.165, 1.54) is 32.1 Å². The predicted octanol–water partition coefficient (Wildman–Crippen LogP) is 2.71. The molecule has 0 amide bonds. The van der Waals surface area contributed by atoms with E-state index in [1.54, 1.807) is 0 Å². The van der Waals surface area contributed by atoms with Crippen LogP contribution in [0, 0.1) is 0 Å². The van der Waals surface area contributed by atoms with E-state index in [2.05, 4.69) is 25.9 Å². The van der Waals surface area contributed by atoms with Crippen molar-refractivity contribution in [2.45, 2.75) is 58.0 Å². The normalized spacial score (nSPS) is 12.9. The molecule has 0 rings (SSSR count). The Morgan fingerprint density at radius 1 is 0.870 bits per heavy atom. The van der Waals surface area contributed by atoms with Gasteiger partial charge in [0.1, 0.15) is 0 Å². The average Bonchev–Trinajstić information content (AvgIpc) is 2.53. The molecule has 1 unspecified atom stereocenters. The first-order valence-electron chi connectivity index (χ1n) is 9.23. The quantitative estimate of drug-likeness (QED) is 0.391. The van der Waals surface area contributed by atoms with Crippen molar-refractivity contribution in [3.05, 3.63) is 0 Å². The monoisotopic (exact) mass is 333 g/mol. The van der Waals surface area contributed by atoms with Crippen LogP contribution in [0.15, 0.2) is 0 Å². The van der Waals surface area contributed by atoms with Crippen molar-refractivity contribution in [2.24, 2.45) is 0 Å². The summed E-state index contributed by atoms with van der Waals surface area (Å²) in [5.74, 6) is 0. The smallest absolute Gasteiger partial charge is 0.0820 e. The lowest BCUT2D eigenvalue weighted by molar-refractivity contribution is -0.0390. The predicted molar refractivity (Wildman–Crippen MR) is 95.0 cm³/mol. The van der Waals surface area contributed by atoms with Crippen molar-refractivity contribution in [3.63, 3.8) is 0 Å². The second-order valence-corrected chi connectivity index (χ2v) is 6.26. The molecule has 5 heteroatoms. The second kappa shape index (κ2) is 18.1. The Bertz CT molecular complexity index is 227. The van der Waals surface area contributed by atoms with Gasteiger partial charge in [0.05, 0.1) is 39.1 Å². The van der Waals surface area contributed by atoms with E-state index in [4.69, 9.17) is 19.3 Å². The van der Waals surface area contributed by atoms with Gasteiger partial charge >= 0.3 is 0 Å². The highest BCUT2D eigenvalue weighted by atomic mass is 16.5. The van der Waals surface area contributed by atoms with Crippen LogP contribution in [0.25, 0.3) is 0 Å². The third-order valence-corrected chi connectivity index (χ3v) is 3.66. The lowest BCUT2D eigenvalue weighted by Gasteiger charge is -2.20. The molecule has 0 heterocycles. The van der Waals surface area contributed by atoms with Gasteiger partial charge < -0.3 is 24.2 Å². The van der Waals surface area contributed by atoms with E-state index in [0.717, 1.165) is 26.0 Å². The number of aliphatic hydroxyl groups is 1. The van der Waals surface area contributed by atoms with Crippen molar-refractivity contribution in [1.29, 1.82) is 0 Å². The minimum atomic E-state index is 0.0623. The molecule has 0 aromatic carbocycles. The van der Waals surface area contributed by atoms with Gasteiger partial charge in [-0.05, 0) is 26.9 Å². The van der Waals surface area contributed by atoms with Gasteiger partial charge in [0, 0.05) is 13.2 Å². The number of aliphatic hydroxyl groups excluding tert-OH is 1. The first-order valence-corrected chi connectivity index (χ1v) is 9.23. The molecule has 140 valence electrons. The third kappa shape index (κ3) is 18.0. The van der Waals surface area contributed by atoms with Crippen LogP contribution in [-0.2, 0) is 14.2 Å². The maximum absolute atomic E-state index is 8.63. The molecule has 0 radical (unpaired) electrons. The molecular weight excluding hydrogens is 294 g/mol. The van der Waals surface area contributed by atoms with Crippen LogP contribution in [0.1, 0.15) is 51.9 Å². The Hall–Kier alpha value is -0.200. The molecule has 0 fully saturated rings. The Morgan fingerprint density at radius 2 is 1.57 bits per heavy atom. The van der Waals surface area contributed by atoms with Gasteiger partial charge in [0.25, 0.3) is 0 Å². The first kappa shape index (κ1) is 22.8. The highest BCUT2D eigenvalue weighted by Crippen LogP contribution is 2.07. The van der Waals surface area contributed by atoms with Crippen LogP contribution in [0.4, 0.5) is 0 Å². The van der Waals surface area contributed by atoms with Crippen molar-refractivity contribution in [1.82, 2.24) is 4.90 Å². The van der Waals surface area contributed by atoms with Gasteiger partial charge in [-0.25, -0.2) is 0 Å². The molecule has 1 N–H and O–H groups in total. The summed E-state index contributed by atoms with van der Waals surface area (Å²) in [6.45, 7) is 6.21. The summed E-state index contributed by atoms with van der Waals surface area (Å²) >= 11 is 0. The fourth-order valence-electron chi connectivity index (χ4n) is 2.25. The summed E-state index contributed by atoms with van der Waals surface area (Å²) < 4.78 is 16.8. The Morgan fingerprint density at radius 3 is 2.26 bits per heavy atom. The van der Waals surface area contributed by atoms with Crippen molar-refractivity contribution in [3.8, 4) is 0 Å². The van der Waals surface area contributed by atoms with E-state index in [0.29, 0.717) is 26.4 Å². The van der Waals surface area contributed by atoms with Gasteiger partial charge in [0.15, 0.2) is 0 Å². The zero-order valence-corrected chi connectivity index (χ0v) is 15.6. The minimum absolute atomic E-state index is 0.0623. The minimum Gasteiger partial charge on any atom is -0.394 e. The lowest BCUT2D eigenvalue weighted by Crippen LogP contribution is -2.27. The van der Waals surface area contributed by atoms with E-state index in [1.807, 2.05) is 0 Å². The molecular formula is C18H39NO4. The van der Waals surface area contributed by atoms with Crippen LogP contribution < -0.4 is 0 Å². The van der Waals surface area contributed by atoms with Crippen LogP contribution in [-0.4, -0.2) is 76.4 Å². The van der Waals surface area contributed by atoms with Crippen molar-refractivity contribution < 1.29 is 19.3 Å². The molecule has 5 nitrogen and oxygen atoms in total. The number of rotatable bonds is 18. The number of hydrogen-bond acceptors (Lipinski definition) is 5. The highest BCUT2D eigenvalue weighted by molar-refractivity contribution is 4.60. The van der Waals surface area contributed by atoms with E-state index in [9.17, 15) is 0 Å². The fraction of sp³-hybridized carbons (Fsp3) is 1.00. The maximum atomic E-state index is 8.63. The molecule has 23 heavy (non-hydrogen) atoms. The second-order valence-electron chi connectivity index (χ2n) is 6.26. The number of nitrogens with zero attached hydrogens (tertiary/aromatic N) is 1. The number of ether oxygens (including phenoxy) is 3. The molecule has 0 aromatic heterocycles. The largest absolute Gasteiger partial charge is 0.394 e. The molecule has 0 aliphatic rings. The molecule has 0 aromatic rings. The Labute approximate surface area is 143 Å². The van der Waals surface area contributed by atoms with E-state index >= 15 is 0 Å². The summed E-state index contributed by atoms with van der Waals surface area (Å²) in [6, 6.07) is 0. The summed E-state index contributed by atoms with van der Waals surface area (Å²) in [5, 5.41) is 8.63. The molecule has 0 saturated heterocycles. The van der Waals surface area contributed by atoms with Crippen LogP contribution in [0.3, 0.4) is 0 Å². The van der Waals surface area contributed by atoms with Gasteiger partial charge in [-0.1, -0.05) is 39.0 Å². The van der Waals surface area contributed by atoms with E-state index < -0.39 is 0 Å². The van der Waals surface area contributed by atoms with Gasteiger partial charge in [-0.15, -0.1) is 0 Å². The zero-order chi connectivity index (χ0) is 17.2. The Balaban J connectivity index is 3.69. The lowest BCUT2D eigenvalue weighted by atomic mass is 10.1.